The van der Waals surface area contributed by atoms with Crippen LogP contribution in [0.4, 0.5) is 0 Å². The highest BCUT2D eigenvalue weighted by Crippen LogP contribution is 2.16. The molecule has 0 bridgehead atoms. The number of aliphatic hydroxyl groups is 4. The van der Waals surface area contributed by atoms with Gasteiger partial charge in [-0.25, -0.2) is 0 Å². The van der Waals surface area contributed by atoms with Gasteiger partial charge in [0, 0.05) is 12.0 Å². The van der Waals surface area contributed by atoms with Crippen LogP contribution in [0.1, 0.15) is 20.3 Å². The van der Waals surface area contributed by atoms with Gasteiger partial charge in [0.05, 0.1) is 32.0 Å². The Labute approximate surface area is 90.8 Å². The molecule has 0 spiro atoms. The van der Waals surface area contributed by atoms with Crippen molar-refractivity contribution in [2.45, 2.75) is 25.8 Å². The molecule has 0 atom stereocenters. The standard InChI is InChI=1S/C10H23NO4/c1-3-10(7-14,8-15)11-4-9(2,5-12)6-13/h11-15H,3-8H2,1-2H3. The monoisotopic (exact) mass is 221 g/mol. The van der Waals surface area contributed by atoms with Crippen molar-refractivity contribution in [3.8, 4) is 0 Å². The minimum Gasteiger partial charge on any atom is -0.396 e. The zero-order valence-corrected chi connectivity index (χ0v) is 9.53. The van der Waals surface area contributed by atoms with Crippen molar-refractivity contribution in [2.24, 2.45) is 5.41 Å². The Morgan fingerprint density at radius 3 is 1.67 bits per heavy atom. The molecule has 0 aromatic carbocycles. The Morgan fingerprint density at radius 2 is 1.40 bits per heavy atom. The topological polar surface area (TPSA) is 93.0 Å². The second-order valence-electron chi connectivity index (χ2n) is 4.43. The maximum atomic E-state index is 9.17. The van der Waals surface area contributed by atoms with Crippen molar-refractivity contribution >= 4 is 0 Å². The van der Waals surface area contributed by atoms with E-state index in [2.05, 4.69) is 5.32 Å². The first-order valence-corrected chi connectivity index (χ1v) is 5.20. The third-order valence-electron chi connectivity index (χ3n) is 2.94. The van der Waals surface area contributed by atoms with Crippen LogP contribution in [0.3, 0.4) is 0 Å². The van der Waals surface area contributed by atoms with Gasteiger partial charge in [0.15, 0.2) is 0 Å². The molecule has 5 nitrogen and oxygen atoms in total. The van der Waals surface area contributed by atoms with Crippen LogP contribution in [0.15, 0.2) is 0 Å². The van der Waals surface area contributed by atoms with E-state index in [1.165, 1.54) is 0 Å². The summed E-state index contributed by atoms with van der Waals surface area (Å²) < 4.78 is 0. The molecule has 92 valence electrons. The molecule has 0 aliphatic heterocycles. The van der Waals surface area contributed by atoms with Crippen molar-refractivity contribution in [1.82, 2.24) is 5.32 Å². The molecule has 0 heterocycles. The third-order valence-corrected chi connectivity index (χ3v) is 2.94. The van der Waals surface area contributed by atoms with Gasteiger partial charge < -0.3 is 25.7 Å². The quantitative estimate of drug-likeness (QED) is 0.351. The summed E-state index contributed by atoms with van der Waals surface area (Å²) in [5, 5.41) is 39.5. The van der Waals surface area contributed by atoms with E-state index in [4.69, 9.17) is 10.2 Å². The Bertz CT molecular complexity index is 159. The third kappa shape index (κ3) is 4.04. The highest BCUT2D eigenvalue weighted by molar-refractivity contribution is 4.88. The van der Waals surface area contributed by atoms with Gasteiger partial charge in [-0.15, -0.1) is 0 Å². The van der Waals surface area contributed by atoms with Gasteiger partial charge in [0.2, 0.25) is 0 Å². The Kier molecular flexibility index (Phi) is 6.31. The van der Waals surface area contributed by atoms with Gasteiger partial charge in [0.25, 0.3) is 0 Å². The molecular formula is C10H23NO4. The fourth-order valence-corrected chi connectivity index (χ4v) is 1.07. The first-order chi connectivity index (χ1) is 7.01. The zero-order valence-electron chi connectivity index (χ0n) is 9.53. The zero-order chi connectivity index (χ0) is 11.9. The molecule has 0 aromatic heterocycles. The molecule has 0 saturated heterocycles. The summed E-state index contributed by atoms with van der Waals surface area (Å²) in [6.07, 6.45) is 0.576. The van der Waals surface area contributed by atoms with Gasteiger partial charge in [-0.2, -0.15) is 0 Å². The molecule has 0 aliphatic carbocycles. The molecular weight excluding hydrogens is 198 g/mol. The average molecular weight is 221 g/mol. The number of aliphatic hydroxyl groups excluding tert-OH is 4. The maximum absolute atomic E-state index is 9.17. The SMILES string of the molecule is CCC(CO)(CO)NCC(C)(CO)CO. The first kappa shape index (κ1) is 14.8. The van der Waals surface area contributed by atoms with E-state index >= 15 is 0 Å². The predicted octanol–water partition coefficient (Wildman–Crippen LogP) is -1.30. The van der Waals surface area contributed by atoms with Crippen LogP contribution in [0.25, 0.3) is 0 Å². The molecule has 5 heteroatoms. The van der Waals surface area contributed by atoms with Crippen molar-refractivity contribution in [2.75, 3.05) is 33.0 Å². The number of rotatable bonds is 8. The highest BCUT2D eigenvalue weighted by Gasteiger charge is 2.30. The summed E-state index contributed by atoms with van der Waals surface area (Å²) in [6.45, 7) is 3.29. The first-order valence-electron chi connectivity index (χ1n) is 5.20. The number of hydrogen-bond acceptors (Lipinski definition) is 5. The number of hydrogen-bond donors (Lipinski definition) is 5. The smallest absolute Gasteiger partial charge is 0.0645 e. The lowest BCUT2D eigenvalue weighted by molar-refractivity contribution is 0.0370. The lowest BCUT2D eigenvalue weighted by Crippen LogP contribution is -2.55. The summed E-state index contributed by atoms with van der Waals surface area (Å²) in [5.41, 5.74) is -1.36. The molecule has 0 unspecified atom stereocenters. The van der Waals surface area contributed by atoms with Gasteiger partial charge in [-0.3, -0.25) is 0 Å². The maximum Gasteiger partial charge on any atom is 0.0645 e. The average Bonchev–Trinajstić information content (AvgIpc) is 2.31. The number of nitrogens with one attached hydrogen (secondary N) is 1. The molecule has 15 heavy (non-hydrogen) atoms. The molecule has 0 saturated carbocycles. The summed E-state index contributed by atoms with van der Waals surface area (Å²) in [5.74, 6) is 0. The van der Waals surface area contributed by atoms with Crippen LogP contribution in [0.2, 0.25) is 0 Å². The van der Waals surface area contributed by atoms with E-state index in [0.29, 0.717) is 13.0 Å². The van der Waals surface area contributed by atoms with E-state index in [1.54, 1.807) is 6.92 Å². The van der Waals surface area contributed by atoms with E-state index < -0.39 is 11.0 Å². The molecule has 5 N–H and O–H groups in total. The minimum atomic E-state index is -0.731. The second kappa shape index (κ2) is 6.40. The van der Waals surface area contributed by atoms with Crippen molar-refractivity contribution in [3.63, 3.8) is 0 Å². The predicted molar refractivity (Wildman–Crippen MR) is 57.5 cm³/mol. The van der Waals surface area contributed by atoms with Crippen molar-refractivity contribution < 1.29 is 20.4 Å². The molecule has 0 aromatic rings. The van der Waals surface area contributed by atoms with Crippen LogP contribution in [0, 0.1) is 5.41 Å². The van der Waals surface area contributed by atoms with E-state index in [0.717, 1.165) is 0 Å². The Morgan fingerprint density at radius 1 is 0.933 bits per heavy atom. The summed E-state index contributed by atoms with van der Waals surface area (Å²) in [4.78, 5) is 0. The Hall–Kier alpha value is -0.200. The Balaban J connectivity index is 4.32. The van der Waals surface area contributed by atoms with E-state index in [-0.39, 0.29) is 26.4 Å². The normalized spacial score (nSPS) is 13.2. The van der Waals surface area contributed by atoms with Crippen molar-refractivity contribution in [1.29, 1.82) is 0 Å². The summed E-state index contributed by atoms with van der Waals surface area (Å²) in [7, 11) is 0. The summed E-state index contributed by atoms with van der Waals surface area (Å²) in [6, 6.07) is 0. The van der Waals surface area contributed by atoms with Gasteiger partial charge in [-0.1, -0.05) is 13.8 Å². The van der Waals surface area contributed by atoms with Gasteiger partial charge >= 0.3 is 0 Å². The van der Waals surface area contributed by atoms with Gasteiger partial charge in [-0.05, 0) is 6.42 Å². The van der Waals surface area contributed by atoms with Crippen LogP contribution in [-0.2, 0) is 0 Å². The summed E-state index contributed by atoms with van der Waals surface area (Å²) >= 11 is 0. The van der Waals surface area contributed by atoms with E-state index in [9.17, 15) is 10.2 Å². The highest BCUT2D eigenvalue weighted by atomic mass is 16.3. The van der Waals surface area contributed by atoms with Crippen LogP contribution in [0.5, 0.6) is 0 Å². The van der Waals surface area contributed by atoms with E-state index in [1.807, 2.05) is 6.92 Å². The largest absolute Gasteiger partial charge is 0.396 e. The molecule has 0 aliphatic rings. The lowest BCUT2D eigenvalue weighted by atomic mass is 9.90. The van der Waals surface area contributed by atoms with Crippen LogP contribution < -0.4 is 5.32 Å². The van der Waals surface area contributed by atoms with Crippen molar-refractivity contribution in [3.05, 3.63) is 0 Å². The fraction of sp³-hybridized carbons (Fsp3) is 1.00. The molecule has 0 fully saturated rings. The lowest BCUT2D eigenvalue weighted by Gasteiger charge is -2.35. The molecule has 0 amide bonds. The van der Waals surface area contributed by atoms with Crippen LogP contribution >= 0.6 is 0 Å². The second-order valence-corrected chi connectivity index (χ2v) is 4.43. The fourth-order valence-electron chi connectivity index (χ4n) is 1.07. The molecule has 0 radical (unpaired) electrons. The minimum absolute atomic E-state index is 0.146. The molecule has 0 rings (SSSR count). The van der Waals surface area contributed by atoms with Crippen LogP contribution in [-0.4, -0.2) is 58.9 Å². The van der Waals surface area contributed by atoms with Gasteiger partial charge in [0.1, 0.15) is 0 Å².